The van der Waals surface area contributed by atoms with Crippen LogP contribution in [0, 0.1) is 13.8 Å². The Morgan fingerprint density at radius 1 is 1.30 bits per heavy atom. The molecule has 0 saturated carbocycles. The number of amides is 1. The van der Waals surface area contributed by atoms with E-state index in [2.05, 4.69) is 5.10 Å². The highest BCUT2D eigenvalue weighted by Crippen LogP contribution is 2.21. The number of likely N-dealkylation sites (N-methyl/N-ethyl adjacent to an activating group) is 1. The molecule has 130 valence electrons. The molecule has 0 radical (unpaired) electrons. The van der Waals surface area contributed by atoms with Gasteiger partial charge in [0, 0.05) is 24.3 Å². The molecule has 0 aliphatic rings. The van der Waals surface area contributed by atoms with Gasteiger partial charge in [-0.2, -0.15) is 18.3 Å². The number of carboxylic acids is 1. The zero-order valence-corrected chi connectivity index (χ0v) is 13.3. The molecular weight excluding hydrogens is 315 g/mol. The number of halogens is 3. The summed E-state index contributed by atoms with van der Waals surface area (Å²) >= 11 is 0. The Morgan fingerprint density at radius 2 is 1.91 bits per heavy atom. The van der Waals surface area contributed by atoms with Gasteiger partial charge in [-0.1, -0.05) is 0 Å². The molecule has 1 rings (SSSR count). The minimum Gasteiger partial charge on any atom is -0.481 e. The summed E-state index contributed by atoms with van der Waals surface area (Å²) < 4.78 is 38.3. The first-order valence-electron chi connectivity index (χ1n) is 7.14. The Balaban J connectivity index is 2.87. The molecule has 6 nitrogen and oxygen atoms in total. The van der Waals surface area contributed by atoms with Crippen LogP contribution in [-0.4, -0.2) is 50.9 Å². The summed E-state index contributed by atoms with van der Waals surface area (Å²) in [5.41, 5.74) is 1.12. The maximum Gasteiger partial charge on any atom is 0.408 e. The van der Waals surface area contributed by atoms with Gasteiger partial charge in [-0.15, -0.1) is 0 Å². The van der Waals surface area contributed by atoms with Gasteiger partial charge in [-0.05, 0) is 20.8 Å². The van der Waals surface area contributed by atoms with Crippen LogP contribution in [0.15, 0.2) is 0 Å². The van der Waals surface area contributed by atoms with Gasteiger partial charge in [0.25, 0.3) is 0 Å². The Bertz CT molecular complexity index is 582. The lowest BCUT2D eigenvalue weighted by atomic mass is 10.1. The van der Waals surface area contributed by atoms with Crippen LogP contribution in [0.5, 0.6) is 0 Å². The summed E-state index contributed by atoms with van der Waals surface area (Å²) in [5, 5.41) is 12.5. The lowest BCUT2D eigenvalue weighted by Crippen LogP contribution is -2.34. The third kappa shape index (κ3) is 5.57. The molecular formula is C14H20F3N3O3. The zero-order chi connectivity index (χ0) is 17.8. The maximum absolute atomic E-state index is 12.5. The second-order valence-electron chi connectivity index (χ2n) is 5.22. The summed E-state index contributed by atoms with van der Waals surface area (Å²) in [6.45, 7) is 3.95. The molecule has 1 heterocycles. The number of hydrogen-bond donors (Lipinski definition) is 1. The van der Waals surface area contributed by atoms with Crippen molar-refractivity contribution in [1.82, 2.24) is 14.7 Å². The molecule has 1 aromatic rings. The van der Waals surface area contributed by atoms with Crippen molar-refractivity contribution in [2.45, 2.75) is 46.3 Å². The smallest absolute Gasteiger partial charge is 0.408 e. The van der Waals surface area contributed by atoms with Gasteiger partial charge < -0.3 is 10.0 Å². The molecule has 0 aliphatic carbocycles. The van der Waals surface area contributed by atoms with Crippen LogP contribution in [0.1, 0.15) is 30.3 Å². The number of nitrogens with zero attached hydrogens (tertiary/aromatic N) is 3. The summed E-state index contributed by atoms with van der Waals surface area (Å²) in [6, 6.07) is 0. The minimum atomic E-state index is -4.39. The van der Waals surface area contributed by atoms with Crippen LogP contribution in [-0.2, 0) is 22.6 Å². The zero-order valence-electron chi connectivity index (χ0n) is 13.3. The van der Waals surface area contributed by atoms with E-state index in [9.17, 15) is 22.8 Å². The fourth-order valence-electron chi connectivity index (χ4n) is 2.27. The van der Waals surface area contributed by atoms with Gasteiger partial charge in [0.15, 0.2) is 0 Å². The first-order chi connectivity index (χ1) is 10.5. The average molecular weight is 335 g/mol. The van der Waals surface area contributed by atoms with E-state index in [1.807, 2.05) is 0 Å². The van der Waals surface area contributed by atoms with E-state index in [1.165, 1.54) is 11.8 Å². The Kier molecular flexibility index (Phi) is 6.17. The molecule has 1 amide bonds. The van der Waals surface area contributed by atoms with Gasteiger partial charge in [0.05, 0.1) is 18.5 Å². The second-order valence-corrected chi connectivity index (χ2v) is 5.22. The Hall–Kier alpha value is -2.06. The highest BCUT2D eigenvalue weighted by molar-refractivity contribution is 5.80. The normalized spacial score (nSPS) is 11.6. The molecule has 23 heavy (non-hydrogen) atoms. The number of hydrogen-bond acceptors (Lipinski definition) is 3. The molecule has 1 N–H and O–H groups in total. The number of carboxylic acid groups (broad SMARTS) is 1. The van der Waals surface area contributed by atoms with Crippen LogP contribution in [0.4, 0.5) is 13.2 Å². The summed E-state index contributed by atoms with van der Waals surface area (Å²) in [7, 11) is 0. The largest absolute Gasteiger partial charge is 0.481 e. The standard InChI is InChI=1S/C14H20F3N3O3/c1-4-19(6-5-13(22)23)12(21)7-11-9(2)18-20(10(11)3)8-14(15,16)17/h4-8H2,1-3H3,(H,22,23). The summed E-state index contributed by atoms with van der Waals surface area (Å²) in [4.78, 5) is 24.2. The van der Waals surface area contributed by atoms with Crippen LogP contribution in [0.25, 0.3) is 0 Å². The molecule has 1 aromatic heterocycles. The topological polar surface area (TPSA) is 75.4 Å². The fraction of sp³-hybridized carbons (Fsp3) is 0.643. The SMILES string of the molecule is CCN(CCC(=O)O)C(=O)Cc1c(C)nn(CC(F)(F)F)c1C. The number of carbonyl (C=O) groups is 2. The van der Waals surface area contributed by atoms with Gasteiger partial charge in [-0.3, -0.25) is 14.3 Å². The number of carbonyl (C=O) groups excluding carboxylic acids is 1. The average Bonchev–Trinajstić information content (AvgIpc) is 2.65. The van der Waals surface area contributed by atoms with Crippen LogP contribution < -0.4 is 0 Å². The molecule has 0 aromatic carbocycles. The van der Waals surface area contributed by atoms with Crippen LogP contribution >= 0.6 is 0 Å². The molecule has 0 fully saturated rings. The summed E-state index contributed by atoms with van der Waals surface area (Å²) in [5.74, 6) is -1.34. The minimum absolute atomic E-state index is 0.0689. The molecule has 0 bridgehead atoms. The lowest BCUT2D eigenvalue weighted by molar-refractivity contribution is -0.143. The van der Waals surface area contributed by atoms with E-state index in [4.69, 9.17) is 5.11 Å². The molecule has 0 unspecified atom stereocenters. The highest BCUT2D eigenvalue weighted by Gasteiger charge is 2.30. The van der Waals surface area contributed by atoms with Gasteiger partial charge in [-0.25, -0.2) is 0 Å². The first kappa shape index (κ1) is 19.0. The van der Waals surface area contributed by atoms with Crippen molar-refractivity contribution in [3.05, 3.63) is 17.0 Å². The van der Waals surface area contributed by atoms with E-state index < -0.39 is 18.7 Å². The van der Waals surface area contributed by atoms with E-state index >= 15 is 0 Å². The third-order valence-corrected chi connectivity index (χ3v) is 3.52. The monoisotopic (exact) mass is 335 g/mol. The highest BCUT2D eigenvalue weighted by atomic mass is 19.4. The number of alkyl halides is 3. The van der Waals surface area contributed by atoms with E-state index in [1.54, 1.807) is 13.8 Å². The summed E-state index contributed by atoms with van der Waals surface area (Å²) in [6.07, 6.45) is -4.66. The predicted octanol–water partition coefficient (Wildman–Crippen LogP) is 1.93. The first-order valence-corrected chi connectivity index (χ1v) is 7.14. The predicted molar refractivity (Wildman–Crippen MR) is 76.0 cm³/mol. The van der Waals surface area contributed by atoms with Crippen molar-refractivity contribution in [2.75, 3.05) is 13.1 Å². The maximum atomic E-state index is 12.5. The van der Waals surface area contributed by atoms with Gasteiger partial charge >= 0.3 is 12.1 Å². The Labute approximate surface area is 131 Å². The molecule has 0 saturated heterocycles. The number of aromatic nitrogens is 2. The van der Waals surface area contributed by atoms with Crippen molar-refractivity contribution in [1.29, 1.82) is 0 Å². The molecule has 9 heteroatoms. The van der Waals surface area contributed by atoms with Crippen molar-refractivity contribution in [2.24, 2.45) is 0 Å². The van der Waals surface area contributed by atoms with E-state index in [-0.39, 0.29) is 25.3 Å². The number of aryl methyl sites for hydroxylation is 1. The fourth-order valence-corrected chi connectivity index (χ4v) is 2.27. The van der Waals surface area contributed by atoms with Gasteiger partial charge in [0.1, 0.15) is 6.54 Å². The molecule has 0 aliphatic heterocycles. The third-order valence-electron chi connectivity index (χ3n) is 3.52. The van der Waals surface area contributed by atoms with E-state index in [0.717, 1.165) is 4.68 Å². The van der Waals surface area contributed by atoms with Gasteiger partial charge in [0.2, 0.25) is 5.91 Å². The van der Waals surface area contributed by atoms with Crippen LogP contribution in [0.3, 0.4) is 0 Å². The number of aliphatic carboxylic acids is 1. The van der Waals surface area contributed by atoms with Crippen molar-refractivity contribution in [3.8, 4) is 0 Å². The molecule has 0 atom stereocenters. The van der Waals surface area contributed by atoms with Crippen molar-refractivity contribution >= 4 is 11.9 Å². The lowest BCUT2D eigenvalue weighted by Gasteiger charge is -2.20. The Morgan fingerprint density at radius 3 is 2.39 bits per heavy atom. The van der Waals surface area contributed by atoms with E-state index in [0.29, 0.717) is 23.5 Å². The van der Waals surface area contributed by atoms with Crippen molar-refractivity contribution in [3.63, 3.8) is 0 Å². The van der Waals surface area contributed by atoms with Crippen molar-refractivity contribution < 1.29 is 27.9 Å². The number of rotatable bonds is 7. The quantitative estimate of drug-likeness (QED) is 0.826. The van der Waals surface area contributed by atoms with Crippen LogP contribution in [0.2, 0.25) is 0 Å². The second kappa shape index (κ2) is 7.47. The molecule has 0 spiro atoms.